The van der Waals surface area contributed by atoms with Crippen molar-refractivity contribution in [3.63, 3.8) is 0 Å². The Hall–Kier alpha value is -3.15. The minimum atomic E-state index is 0.454. The summed E-state index contributed by atoms with van der Waals surface area (Å²) in [5, 5.41) is 8.76. The van der Waals surface area contributed by atoms with E-state index in [1.807, 2.05) is 36.4 Å². The minimum absolute atomic E-state index is 0.454. The van der Waals surface area contributed by atoms with Crippen LogP contribution in [0, 0.1) is 0 Å². The van der Waals surface area contributed by atoms with Gasteiger partial charge in [-0.2, -0.15) is 5.10 Å². The van der Waals surface area contributed by atoms with E-state index < -0.39 is 0 Å². The van der Waals surface area contributed by atoms with Crippen LogP contribution in [0.3, 0.4) is 0 Å². The van der Waals surface area contributed by atoms with Crippen LogP contribution in [0.1, 0.15) is 0 Å². The molecule has 22 heavy (non-hydrogen) atoms. The first-order valence-corrected chi connectivity index (χ1v) is 6.79. The van der Waals surface area contributed by atoms with Crippen molar-refractivity contribution in [3.05, 3.63) is 42.6 Å². The van der Waals surface area contributed by atoms with Crippen LogP contribution in [0.2, 0.25) is 0 Å². The van der Waals surface area contributed by atoms with Crippen molar-refractivity contribution in [2.24, 2.45) is 0 Å². The third-order valence-corrected chi connectivity index (χ3v) is 3.63. The number of nitrogens with two attached hydrogens (primary N) is 1. The lowest BCUT2D eigenvalue weighted by atomic mass is 10.1. The zero-order chi connectivity index (χ0) is 15.1. The molecule has 0 aliphatic heterocycles. The number of aromatic nitrogens is 4. The second-order valence-electron chi connectivity index (χ2n) is 4.99. The van der Waals surface area contributed by atoms with Crippen molar-refractivity contribution in [2.75, 3.05) is 12.8 Å². The van der Waals surface area contributed by atoms with E-state index in [1.165, 1.54) is 0 Å². The molecule has 108 valence electrons. The van der Waals surface area contributed by atoms with Crippen LogP contribution >= 0.6 is 0 Å². The number of fused-ring (bicyclic) bond motifs is 2. The molecule has 6 heteroatoms. The smallest absolute Gasteiger partial charge is 0.162 e. The van der Waals surface area contributed by atoms with Gasteiger partial charge in [-0.05, 0) is 30.3 Å². The molecule has 0 spiro atoms. The van der Waals surface area contributed by atoms with E-state index in [0.29, 0.717) is 11.6 Å². The summed E-state index contributed by atoms with van der Waals surface area (Å²) in [6.45, 7) is 0. The van der Waals surface area contributed by atoms with Gasteiger partial charge in [0.2, 0.25) is 0 Å². The maximum absolute atomic E-state index is 6.07. The number of ether oxygens (including phenoxy) is 1. The number of H-pyrrole nitrogens is 1. The quantitative estimate of drug-likeness (QED) is 0.592. The van der Waals surface area contributed by atoms with Crippen LogP contribution in [0.5, 0.6) is 5.75 Å². The molecule has 0 bridgehead atoms. The molecule has 4 aromatic rings. The molecule has 0 saturated heterocycles. The highest BCUT2D eigenvalue weighted by molar-refractivity contribution is 5.91. The SMILES string of the molecule is COc1ccc2c(N)nc(-c3ccc4[nH]ncc4c3)nc2c1. The lowest BCUT2D eigenvalue weighted by Crippen LogP contribution is -1.98. The van der Waals surface area contributed by atoms with Gasteiger partial charge < -0.3 is 10.5 Å². The number of anilines is 1. The maximum atomic E-state index is 6.07. The third-order valence-electron chi connectivity index (χ3n) is 3.63. The number of nitrogens with one attached hydrogen (secondary N) is 1. The first-order chi connectivity index (χ1) is 10.7. The molecule has 2 aromatic carbocycles. The number of benzene rings is 2. The van der Waals surface area contributed by atoms with Gasteiger partial charge in [-0.25, -0.2) is 9.97 Å². The number of rotatable bonds is 2. The van der Waals surface area contributed by atoms with Crippen LogP contribution in [0.15, 0.2) is 42.6 Å². The topological polar surface area (TPSA) is 89.7 Å². The van der Waals surface area contributed by atoms with Crippen LogP contribution in [0.25, 0.3) is 33.2 Å². The van der Waals surface area contributed by atoms with Gasteiger partial charge in [-0.3, -0.25) is 5.10 Å². The van der Waals surface area contributed by atoms with Crippen LogP contribution in [0.4, 0.5) is 5.82 Å². The highest BCUT2D eigenvalue weighted by Gasteiger charge is 2.09. The molecule has 3 N–H and O–H groups in total. The fraction of sp³-hybridized carbons (Fsp3) is 0.0625. The third kappa shape index (κ3) is 1.93. The molecule has 0 amide bonds. The fourth-order valence-corrected chi connectivity index (χ4v) is 2.47. The Morgan fingerprint density at radius 3 is 2.86 bits per heavy atom. The lowest BCUT2D eigenvalue weighted by Gasteiger charge is -2.07. The van der Waals surface area contributed by atoms with E-state index in [4.69, 9.17) is 10.5 Å². The molecule has 0 saturated carbocycles. The normalized spacial score (nSPS) is 11.1. The molecule has 0 atom stereocenters. The summed E-state index contributed by atoms with van der Waals surface area (Å²) in [5.74, 6) is 1.78. The van der Waals surface area contributed by atoms with Gasteiger partial charge in [0.05, 0.1) is 24.3 Å². The average Bonchev–Trinajstić information content (AvgIpc) is 3.01. The molecular formula is C16H13N5O. The summed E-state index contributed by atoms with van der Waals surface area (Å²) in [4.78, 5) is 9.02. The summed E-state index contributed by atoms with van der Waals surface area (Å²) in [5.41, 5.74) is 8.69. The first kappa shape index (κ1) is 12.6. The lowest BCUT2D eigenvalue weighted by molar-refractivity contribution is 0.415. The maximum Gasteiger partial charge on any atom is 0.162 e. The van der Waals surface area contributed by atoms with E-state index in [9.17, 15) is 0 Å². The Labute approximate surface area is 126 Å². The molecule has 4 rings (SSSR count). The number of nitrogen functional groups attached to an aromatic ring is 1. The summed E-state index contributed by atoms with van der Waals surface area (Å²) < 4.78 is 5.24. The number of aromatic amines is 1. The number of methoxy groups -OCH3 is 1. The molecule has 0 radical (unpaired) electrons. The molecule has 6 nitrogen and oxygen atoms in total. The van der Waals surface area contributed by atoms with Gasteiger partial charge in [0.25, 0.3) is 0 Å². The van der Waals surface area contributed by atoms with Crippen molar-refractivity contribution in [1.82, 2.24) is 20.2 Å². The Morgan fingerprint density at radius 2 is 2.00 bits per heavy atom. The van der Waals surface area contributed by atoms with E-state index in [2.05, 4.69) is 20.2 Å². The van der Waals surface area contributed by atoms with Crippen molar-refractivity contribution in [1.29, 1.82) is 0 Å². The van der Waals surface area contributed by atoms with Crippen LogP contribution < -0.4 is 10.5 Å². The molecule has 0 fully saturated rings. The summed E-state index contributed by atoms with van der Waals surface area (Å²) in [7, 11) is 1.62. The van der Waals surface area contributed by atoms with Crippen molar-refractivity contribution in [3.8, 4) is 17.1 Å². The van der Waals surface area contributed by atoms with Gasteiger partial charge in [0.1, 0.15) is 11.6 Å². The fourth-order valence-electron chi connectivity index (χ4n) is 2.47. The number of hydrogen-bond donors (Lipinski definition) is 2. The standard InChI is InChI=1S/C16H13N5O/c1-22-11-3-4-12-14(7-11)19-16(20-15(12)17)9-2-5-13-10(6-9)8-18-21-13/h2-8H,1H3,(H,18,21)(H2,17,19,20). The zero-order valence-electron chi connectivity index (χ0n) is 11.9. The van der Waals surface area contributed by atoms with E-state index >= 15 is 0 Å². The Kier molecular flexibility index (Phi) is 2.69. The molecule has 2 aromatic heterocycles. The Morgan fingerprint density at radius 1 is 1.09 bits per heavy atom. The summed E-state index contributed by atoms with van der Waals surface area (Å²) >= 11 is 0. The van der Waals surface area contributed by atoms with E-state index in [-0.39, 0.29) is 0 Å². The predicted octanol–water partition coefficient (Wildman–Crippen LogP) is 2.76. The summed E-state index contributed by atoms with van der Waals surface area (Å²) in [6.07, 6.45) is 1.77. The molecule has 0 aliphatic rings. The van der Waals surface area contributed by atoms with Crippen LogP contribution in [-0.4, -0.2) is 27.3 Å². The zero-order valence-corrected chi connectivity index (χ0v) is 11.9. The largest absolute Gasteiger partial charge is 0.497 e. The monoisotopic (exact) mass is 291 g/mol. The predicted molar refractivity (Wildman–Crippen MR) is 85.6 cm³/mol. The molecule has 0 unspecified atom stereocenters. The van der Waals surface area contributed by atoms with E-state index in [1.54, 1.807) is 13.3 Å². The van der Waals surface area contributed by atoms with Crippen molar-refractivity contribution < 1.29 is 4.74 Å². The second kappa shape index (κ2) is 4.70. The Bertz CT molecular complexity index is 992. The average molecular weight is 291 g/mol. The second-order valence-corrected chi connectivity index (χ2v) is 4.99. The van der Waals surface area contributed by atoms with Gasteiger partial charge in [0.15, 0.2) is 5.82 Å². The highest BCUT2D eigenvalue weighted by Crippen LogP contribution is 2.27. The summed E-state index contributed by atoms with van der Waals surface area (Å²) in [6, 6.07) is 11.5. The van der Waals surface area contributed by atoms with Gasteiger partial charge >= 0.3 is 0 Å². The van der Waals surface area contributed by atoms with Crippen LogP contribution in [-0.2, 0) is 0 Å². The van der Waals surface area contributed by atoms with Gasteiger partial charge in [-0.1, -0.05) is 0 Å². The first-order valence-electron chi connectivity index (χ1n) is 6.79. The number of nitrogens with zero attached hydrogens (tertiary/aromatic N) is 3. The highest BCUT2D eigenvalue weighted by atomic mass is 16.5. The molecule has 0 aliphatic carbocycles. The number of hydrogen-bond acceptors (Lipinski definition) is 5. The minimum Gasteiger partial charge on any atom is -0.497 e. The Balaban J connectivity index is 1.93. The van der Waals surface area contributed by atoms with Gasteiger partial charge in [-0.15, -0.1) is 0 Å². The molecular weight excluding hydrogens is 278 g/mol. The van der Waals surface area contributed by atoms with Crippen molar-refractivity contribution in [2.45, 2.75) is 0 Å². The van der Waals surface area contributed by atoms with Crippen molar-refractivity contribution >= 4 is 27.6 Å². The van der Waals surface area contributed by atoms with Gasteiger partial charge in [0, 0.05) is 22.4 Å². The van der Waals surface area contributed by atoms with E-state index in [0.717, 1.165) is 33.1 Å². The molecule has 2 heterocycles.